The summed E-state index contributed by atoms with van der Waals surface area (Å²) in [6.07, 6.45) is 36.0. The van der Waals surface area contributed by atoms with E-state index < -0.39 is 34.1 Å². The summed E-state index contributed by atoms with van der Waals surface area (Å²) in [4.78, 5) is 29.8. The van der Waals surface area contributed by atoms with Crippen LogP contribution >= 0.6 is 0 Å². The Balaban J connectivity index is 0.000000335. The third-order valence-corrected chi connectivity index (χ3v) is 12.5. The number of halogens is 4. The molecule has 2 fully saturated rings. The zero-order valence-electron chi connectivity index (χ0n) is 37.8. The molecular weight excluding hydrogens is 808 g/mol. The molecule has 0 heterocycles. The molecule has 0 aromatic heterocycles. The first-order valence-electron chi connectivity index (χ1n) is 22.6. The van der Waals surface area contributed by atoms with E-state index in [2.05, 4.69) is 50.3 Å². The maximum Gasteiger partial charge on any atom is 4.00 e. The Morgan fingerprint density at radius 2 is 0.967 bits per heavy atom. The molecule has 0 spiro atoms. The fraction of sp³-hybridized carbons (Fsp3) is 0.577. The summed E-state index contributed by atoms with van der Waals surface area (Å²) in [7, 11) is 0. The van der Waals surface area contributed by atoms with Gasteiger partial charge in [-0.25, -0.2) is 41.9 Å². The van der Waals surface area contributed by atoms with Gasteiger partial charge in [-0.2, -0.15) is 12.2 Å². The van der Waals surface area contributed by atoms with E-state index in [9.17, 15) is 27.2 Å². The van der Waals surface area contributed by atoms with E-state index in [0.717, 1.165) is 89.9 Å². The molecule has 2 aromatic rings. The first-order valence-corrected chi connectivity index (χ1v) is 22.6. The van der Waals surface area contributed by atoms with Gasteiger partial charge in [0.05, 0.1) is 0 Å². The molecule has 0 aliphatic heterocycles. The number of hydrogen-bond acceptors (Lipinski definition) is 2. The number of hydrogen-bond donors (Lipinski definition) is 0. The first-order chi connectivity index (χ1) is 28.8. The van der Waals surface area contributed by atoms with Crippen LogP contribution in [0.15, 0.2) is 60.7 Å². The quantitative estimate of drug-likeness (QED) is 0.108. The smallest absolute Gasteiger partial charge is 0.363 e. The minimum Gasteiger partial charge on any atom is -0.363 e. The van der Waals surface area contributed by atoms with E-state index in [4.69, 9.17) is 0 Å². The first kappa shape index (κ1) is 53.9. The maximum atomic E-state index is 14.4. The number of rotatable bonds is 14. The van der Waals surface area contributed by atoms with Gasteiger partial charge in [0.2, 0.25) is 11.8 Å². The second kappa shape index (κ2) is 28.5. The van der Waals surface area contributed by atoms with Crippen LogP contribution in [0.25, 0.3) is 0 Å². The van der Waals surface area contributed by atoms with Crippen LogP contribution in [0.1, 0.15) is 157 Å². The molecule has 0 N–H and O–H groups in total. The second-order valence-electron chi connectivity index (χ2n) is 17.2. The van der Waals surface area contributed by atoms with Gasteiger partial charge in [-0.05, 0) is 74.6 Å². The molecular formula is C52H70F4N2O2Ti. The third-order valence-electron chi connectivity index (χ3n) is 12.5. The summed E-state index contributed by atoms with van der Waals surface area (Å²) in [5.41, 5.74) is -0.727. The van der Waals surface area contributed by atoms with Crippen molar-refractivity contribution < 1.29 is 48.9 Å². The molecule has 0 saturated heterocycles. The fourth-order valence-corrected chi connectivity index (χ4v) is 8.43. The van der Waals surface area contributed by atoms with Crippen LogP contribution in [0.4, 0.5) is 28.9 Å². The third kappa shape index (κ3) is 17.5. The molecule has 4 nitrogen and oxygen atoms in total. The van der Waals surface area contributed by atoms with E-state index >= 15 is 0 Å². The van der Waals surface area contributed by atoms with E-state index in [1.165, 1.54) is 37.1 Å². The van der Waals surface area contributed by atoms with Gasteiger partial charge in [-0.15, -0.1) is 49.2 Å². The van der Waals surface area contributed by atoms with Crippen LogP contribution in [-0.4, -0.2) is 24.9 Å². The molecule has 2 atom stereocenters. The van der Waals surface area contributed by atoms with Crippen molar-refractivity contribution in [3.63, 3.8) is 0 Å². The van der Waals surface area contributed by atoms with Crippen molar-refractivity contribution in [1.82, 2.24) is 0 Å². The minimum atomic E-state index is -0.779. The van der Waals surface area contributed by atoms with Crippen molar-refractivity contribution in [2.75, 3.05) is 22.9 Å². The van der Waals surface area contributed by atoms with Crippen molar-refractivity contribution in [3.8, 4) is 0 Å². The van der Waals surface area contributed by atoms with E-state index in [-0.39, 0.29) is 44.9 Å². The molecule has 2 saturated carbocycles. The van der Waals surface area contributed by atoms with Crippen molar-refractivity contribution in [2.45, 2.75) is 157 Å². The summed E-state index contributed by atoms with van der Waals surface area (Å²) < 4.78 is 55.4. The molecule has 4 aliphatic carbocycles. The van der Waals surface area contributed by atoms with Gasteiger partial charge in [-0.3, -0.25) is 21.7 Å². The van der Waals surface area contributed by atoms with Crippen LogP contribution in [0, 0.1) is 70.2 Å². The summed E-state index contributed by atoms with van der Waals surface area (Å²) in [6.45, 7) is 13.0. The summed E-state index contributed by atoms with van der Waals surface area (Å²) in [5, 5.41) is 0. The van der Waals surface area contributed by atoms with Crippen molar-refractivity contribution in [3.05, 3.63) is 108 Å². The zero-order chi connectivity index (χ0) is 44.0. The average molecular weight is 879 g/mol. The normalized spacial score (nSPS) is 17.6. The Kier molecular flexibility index (Phi) is 25.2. The molecule has 2 amide bonds. The molecule has 9 heteroatoms. The molecule has 2 unspecified atom stereocenters. The number of benzene rings is 2. The predicted molar refractivity (Wildman–Crippen MR) is 238 cm³/mol. The Hall–Kier alpha value is -3.23. The van der Waals surface area contributed by atoms with Crippen molar-refractivity contribution >= 4 is 23.2 Å². The molecule has 332 valence electrons. The largest absolute Gasteiger partial charge is 4.00 e. The topological polar surface area (TPSA) is 40.6 Å². The second-order valence-corrected chi connectivity index (χ2v) is 17.2. The number of carbonyl (C=O) groups is 2. The predicted octanol–water partition coefficient (Wildman–Crippen LogP) is 14.4. The number of amides is 2. The average Bonchev–Trinajstić information content (AvgIpc) is 4.04. The molecule has 0 radical (unpaired) electrons. The minimum absolute atomic E-state index is 0. The molecule has 6 rings (SSSR count). The van der Waals surface area contributed by atoms with Crippen LogP contribution in [0.2, 0.25) is 0 Å². The fourth-order valence-electron chi connectivity index (χ4n) is 8.43. The monoisotopic (exact) mass is 878 g/mol. The van der Waals surface area contributed by atoms with Crippen LogP contribution in [0.3, 0.4) is 0 Å². The van der Waals surface area contributed by atoms with Gasteiger partial charge in [0, 0.05) is 47.2 Å². The number of nitrogens with zero attached hydrogens (tertiary/aromatic N) is 2. The summed E-state index contributed by atoms with van der Waals surface area (Å²) >= 11 is 0. The Morgan fingerprint density at radius 3 is 1.21 bits per heavy atom. The van der Waals surface area contributed by atoms with Gasteiger partial charge >= 0.3 is 21.7 Å². The van der Waals surface area contributed by atoms with Gasteiger partial charge in [0.25, 0.3) is 0 Å². The zero-order valence-corrected chi connectivity index (χ0v) is 39.4. The van der Waals surface area contributed by atoms with Crippen LogP contribution in [0.5, 0.6) is 0 Å². The molecule has 0 bridgehead atoms. The maximum absolute atomic E-state index is 14.4. The molecule has 61 heavy (non-hydrogen) atoms. The number of allylic oxidation sites excluding steroid dienone is 8. The summed E-state index contributed by atoms with van der Waals surface area (Å²) in [5.74, 6) is -2.38. The van der Waals surface area contributed by atoms with E-state index in [1.807, 2.05) is 52.0 Å². The van der Waals surface area contributed by atoms with Crippen molar-refractivity contribution in [1.29, 1.82) is 0 Å². The Bertz CT molecular complexity index is 1590. The number of carbonyl (C=O) groups excluding carboxylic acids is 2. The molecule has 4 aliphatic rings. The van der Waals surface area contributed by atoms with Gasteiger partial charge in [0.15, 0.2) is 0 Å². The Morgan fingerprint density at radius 1 is 0.607 bits per heavy atom. The SMILES string of the molecule is CCCC(C)(CC)C(=O)N(CC1CCCCC1)c1ccc(F)[c-]c1F.CCCC(C)(CC)C(=O)N(CC1CCCCC1)c1ccc(F)[c-]c1F.[C-]1=CC=CC1.[C-]1=CC=CC1.[Ti+4]. The van der Waals surface area contributed by atoms with E-state index in [0.29, 0.717) is 37.8 Å². The van der Waals surface area contributed by atoms with Crippen LogP contribution in [-0.2, 0) is 31.3 Å². The Labute approximate surface area is 381 Å². The molecule has 2 aromatic carbocycles. The number of anilines is 2. The van der Waals surface area contributed by atoms with Gasteiger partial charge in [0.1, 0.15) is 0 Å². The summed E-state index contributed by atoms with van der Waals surface area (Å²) in [6, 6.07) is 9.30. The van der Waals surface area contributed by atoms with Gasteiger partial charge < -0.3 is 9.80 Å². The van der Waals surface area contributed by atoms with Crippen molar-refractivity contribution in [2.24, 2.45) is 22.7 Å². The standard InChI is InChI=1S/2C21H30F2NO.2C5H5.Ti/c2*1-4-13-21(3,5-2)20(25)24(15-16-9-7-6-8-10-16)19-12-11-17(22)14-18(19)23;2*1-2-4-5-3-1;/h2*11-12,16H,4-10,13,15H2,1-3H3;2*1-3H,4H2;/q4*-1;+4. The van der Waals surface area contributed by atoms with E-state index in [1.54, 1.807) is 9.80 Å². The van der Waals surface area contributed by atoms with Crippen LogP contribution < -0.4 is 9.80 Å². The van der Waals surface area contributed by atoms with Gasteiger partial charge in [-0.1, -0.05) is 92.9 Å².